The van der Waals surface area contributed by atoms with Crippen LogP contribution in [-0.4, -0.2) is 62.4 Å². The fourth-order valence-corrected chi connectivity index (χ4v) is 5.46. The van der Waals surface area contributed by atoms with Gasteiger partial charge in [-0.05, 0) is 42.0 Å². The summed E-state index contributed by atoms with van der Waals surface area (Å²) >= 11 is 0. The standard InChI is InChI=1S/C27H22N6O5/c1-37-17-4-2-15-12-33(24(34)18(15)10-17)14-27(25(35)30-26(36)31-27)22-11-20-21(38-22)6-5-19(29-20)16-3-7-23-28-8-9-32(23)13-16/h2-10,13,22H,11-12,14H2,1H3,(H2,30,31,35,36)/t22?,27-/m0/s1. The van der Waals surface area contributed by atoms with Crippen LogP contribution in [0.1, 0.15) is 21.6 Å². The van der Waals surface area contributed by atoms with Gasteiger partial charge in [-0.1, -0.05) is 6.07 Å². The molecule has 11 nitrogen and oxygen atoms in total. The first-order chi connectivity index (χ1) is 18.4. The molecule has 6 heterocycles. The molecule has 0 bridgehead atoms. The number of pyridine rings is 2. The van der Waals surface area contributed by atoms with Crippen LogP contribution in [0.5, 0.6) is 11.5 Å². The van der Waals surface area contributed by atoms with E-state index in [4.69, 9.17) is 14.5 Å². The Labute approximate surface area is 216 Å². The molecule has 1 fully saturated rings. The lowest BCUT2D eigenvalue weighted by Crippen LogP contribution is -2.64. The Morgan fingerprint density at radius 2 is 2.05 bits per heavy atom. The van der Waals surface area contributed by atoms with Crippen molar-refractivity contribution in [3.05, 3.63) is 77.9 Å². The number of urea groups is 1. The number of carbonyl (C=O) groups excluding carboxylic acids is 3. The SMILES string of the molecule is COc1ccc2c(c1)C(=O)N(C[C@@]1(C3Cc4nc(-c5ccc6nccn6c5)ccc4O3)NC(=O)NC1=O)C2. The van der Waals surface area contributed by atoms with Crippen molar-refractivity contribution in [1.29, 1.82) is 0 Å². The van der Waals surface area contributed by atoms with Gasteiger partial charge in [0.05, 0.1) is 25.0 Å². The van der Waals surface area contributed by atoms with Gasteiger partial charge in [0, 0.05) is 42.7 Å². The molecule has 1 saturated heterocycles. The van der Waals surface area contributed by atoms with Crippen LogP contribution in [0.15, 0.2) is 61.1 Å². The highest BCUT2D eigenvalue weighted by Crippen LogP contribution is 2.37. The predicted octanol–water partition coefficient (Wildman–Crippen LogP) is 1.94. The van der Waals surface area contributed by atoms with E-state index in [-0.39, 0.29) is 18.9 Å². The molecule has 4 amide bonds. The second-order valence-electron chi connectivity index (χ2n) is 9.63. The van der Waals surface area contributed by atoms with Gasteiger partial charge in [-0.15, -0.1) is 0 Å². The van der Waals surface area contributed by atoms with Crippen LogP contribution < -0.4 is 20.1 Å². The van der Waals surface area contributed by atoms with E-state index >= 15 is 0 Å². The van der Waals surface area contributed by atoms with Gasteiger partial charge in [0.1, 0.15) is 23.3 Å². The van der Waals surface area contributed by atoms with Gasteiger partial charge in [-0.2, -0.15) is 0 Å². The van der Waals surface area contributed by atoms with Crippen LogP contribution in [-0.2, 0) is 17.8 Å². The van der Waals surface area contributed by atoms with Gasteiger partial charge in [0.25, 0.3) is 11.8 Å². The highest BCUT2D eigenvalue weighted by atomic mass is 16.5. The summed E-state index contributed by atoms with van der Waals surface area (Å²) in [6, 6.07) is 12.2. The maximum Gasteiger partial charge on any atom is 0.322 e. The summed E-state index contributed by atoms with van der Waals surface area (Å²) in [6.45, 7) is 0.255. The normalized spacial score (nSPS) is 21.8. The van der Waals surface area contributed by atoms with Gasteiger partial charge in [-0.3, -0.25) is 14.9 Å². The number of hydrogen-bond acceptors (Lipinski definition) is 7. The summed E-state index contributed by atoms with van der Waals surface area (Å²) in [5.74, 6) is 0.339. The fraction of sp³-hybridized carbons (Fsp3) is 0.222. The molecule has 38 heavy (non-hydrogen) atoms. The van der Waals surface area contributed by atoms with E-state index in [9.17, 15) is 14.4 Å². The zero-order valence-electron chi connectivity index (χ0n) is 20.3. The molecule has 3 aliphatic heterocycles. The number of imidazole rings is 1. The van der Waals surface area contributed by atoms with Gasteiger partial charge in [0.15, 0.2) is 5.54 Å². The average molecular weight is 511 g/mol. The molecule has 11 heteroatoms. The summed E-state index contributed by atoms with van der Waals surface area (Å²) < 4.78 is 13.4. The Kier molecular flexibility index (Phi) is 4.71. The fourth-order valence-electron chi connectivity index (χ4n) is 5.46. The molecule has 1 aromatic carbocycles. The Morgan fingerprint density at radius 1 is 1.16 bits per heavy atom. The van der Waals surface area contributed by atoms with Gasteiger partial charge in [-0.25, -0.2) is 14.8 Å². The third-order valence-electron chi connectivity index (χ3n) is 7.42. The molecule has 3 aliphatic rings. The number of methoxy groups -OCH3 is 1. The lowest BCUT2D eigenvalue weighted by atomic mass is 9.89. The zero-order chi connectivity index (χ0) is 26.0. The molecular formula is C27H22N6O5. The van der Waals surface area contributed by atoms with E-state index in [0.29, 0.717) is 29.3 Å². The number of aromatic nitrogens is 3. The number of ether oxygens (including phenoxy) is 2. The highest BCUT2D eigenvalue weighted by molar-refractivity contribution is 6.08. The summed E-state index contributed by atoms with van der Waals surface area (Å²) in [5, 5.41) is 5.11. The lowest BCUT2D eigenvalue weighted by Gasteiger charge is -2.34. The Bertz CT molecular complexity index is 1660. The monoisotopic (exact) mass is 510 g/mol. The molecule has 7 rings (SSSR count). The quantitative estimate of drug-likeness (QED) is 0.393. The Balaban J connectivity index is 1.18. The number of nitrogens with one attached hydrogen (secondary N) is 2. The number of nitrogens with zero attached hydrogens (tertiary/aromatic N) is 4. The van der Waals surface area contributed by atoms with Crippen molar-refractivity contribution in [3.63, 3.8) is 0 Å². The molecule has 0 aliphatic carbocycles. The first-order valence-corrected chi connectivity index (χ1v) is 12.1. The van der Waals surface area contributed by atoms with Crippen LogP contribution >= 0.6 is 0 Å². The average Bonchev–Trinajstić information content (AvgIpc) is 3.69. The highest BCUT2D eigenvalue weighted by Gasteiger charge is 2.57. The van der Waals surface area contributed by atoms with Crippen LogP contribution in [0.3, 0.4) is 0 Å². The van der Waals surface area contributed by atoms with E-state index in [2.05, 4.69) is 15.6 Å². The number of rotatable bonds is 5. The van der Waals surface area contributed by atoms with Crippen molar-refractivity contribution in [3.8, 4) is 22.8 Å². The molecule has 2 N–H and O–H groups in total. The number of amides is 4. The van der Waals surface area contributed by atoms with E-state index in [1.807, 2.05) is 47.1 Å². The molecule has 0 saturated carbocycles. The van der Waals surface area contributed by atoms with Crippen LogP contribution in [0, 0.1) is 0 Å². The van der Waals surface area contributed by atoms with Crippen LogP contribution in [0.2, 0.25) is 0 Å². The number of imide groups is 1. The molecule has 0 radical (unpaired) electrons. The zero-order valence-corrected chi connectivity index (χ0v) is 20.3. The number of benzene rings is 1. The second kappa shape index (κ2) is 8.04. The summed E-state index contributed by atoms with van der Waals surface area (Å²) in [6.07, 6.45) is 5.07. The van der Waals surface area contributed by atoms with E-state index in [0.717, 1.165) is 22.5 Å². The van der Waals surface area contributed by atoms with E-state index < -0.39 is 23.6 Å². The minimum atomic E-state index is -1.48. The Hall–Kier alpha value is -4.93. The smallest absolute Gasteiger partial charge is 0.322 e. The molecule has 3 aromatic heterocycles. The largest absolute Gasteiger partial charge is 0.497 e. The lowest BCUT2D eigenvalue weighted by molar-refractivity contribution is -0.127. The molecule has 190 valence electrons. The van der Waals surface area contributed by atoms with Crippen molar-refractivity contribution in [2.45, 2.75) is 24.6 Å². The van der Waals surface area contributed by atoms with Crippen molar-refractivity contribution in [1.82, 2.24) is 29.9 Å². The number of carbonyl (C=O) groups is 3. The van der Waals surface area contributed by atoms with Gasteiger partial charge >= 0.3 is 6.03 Å². The maximum atomic E-state index is 13.3. The third-order valence-corrected chi connectivity index (χ3v) is 7.42. The van der Waals surface area contributed by atoms with Crippen LogP contribution in [0.4, 0.5) is 4.79 Å². The minimum absolute atomic E-state index is 0.0524. The molecule has 4 aromatic rings. The summed E-state index contributed by atoms with van der Waals surface area (Å²) in [7, 11) is 1.54. The summed E-state index contributed by atoms with van der Waals surface area (Å²) in [5.41, 5.74) is 3.02. The van der Waals surface area contributed by atoms with Crippen molar-refractivity contribution in [2.24, 2.45) is 0 Å². The van der Waals surface area contributed by atoms with Gasteiger partial charge in [0.2, 0.25) is 0 Å². The molecule has 2 atom stereocenters. The topological polar surface area (TPSA) is 127 Å². The van der Waals surface area contributed by atoms with Gasteiger partial charge < -0.3 is 24.1 Å². The third kappa shape index (κ3) is 3.31. The molecule has 1 unspecified atom stereocenters. The van der Waals surface area contributed by atoms with E-state index in [1.165, 1.54) is 7.11 Å². The Morgan fingerprint density at radius 3 is 2.87 bits per heavy atom. The first-order valence-electron chi connectivity index (χ1n) is 12.1. The van der Waals surface area contributed by atoms with Crippen molar-refractivity contribution in [2.75, 3.05) is 13.7 Å². The second-order valence-corrected chi connectivity index (χ2v) is 9.63. The van der Waals surface area contributed by atoms with Crippen molar-refractivity contribution >= 4 is 23.5 Å². The molecular weight excluding hydrogens is 488 g/mol. The molecule has 0 spiro atoms. The van der Waals surface area contributed by atoms with Crippen molar-refractivity contribution < 1.29 is 23.9 Å². The predicted molar refractivity (Wildman–Crippen MR) is 134 cm³/mol. The van der Waals surface area contributed by atoms with E-state index in [1.54, 1.807) is 23.2 Å². The summed E-state index contributed by atoms with van der Waals surface area (Å²) in [4.78, 5) is 49.5. The number of fused-ring (bicyclic) bond motifs is 3. The maximum absolute atomic E-state index is 13.3. The van der Waals surface area contributed by atoms with Crippen LogP contribution in [0.25, 0.3) is 16.9 Å². The first kappa shape index (κ1) is 22.3. The minimum Gasteiger partial charge on any atom is -0.497 e. The number of hydrogen-bond donors (Lipinski definition) is 2.